The van der Waals surface area contributed by atoms with Crippen molar-refractivity contribution >= 4 is 12.0 Å². The van der Waals surface area contributed by atoms with E-state index in [1.165, 1.54) is 4.90 Å². The molecule has 0 aromatic rings. The fourth-order valence-corrected chi connectivity index (χ4v) is 1.27. The Hall–Kier alpha value is -1.77. The van der Waals surface area contributed by atoms with Crippen LogP contribution >= 0.6 is 0 Å². The number of hydrogen-bond donors (Lipinski definition) is 2. The Labute approximate surface area is 101 Å². The molecule has 0 aliphatic heterocycles. The standard InChI is InChI=1S/C11H19N3O3/c1-9(7-12)8-14(2)11(17)13-6-4-3-5-10(15)16/h9H,3-6,8H2,1-2H3,(H,13,17)(H,15,16). The molecule has 2 N–H and O–H groups in total. The summed E-state index contributed by atoms with van der Waals surface area (Å²) in [6.07, 6.45) is 1.31. The van der Waals surface area contributed by atoms with Gasteiger partial charge in [0, 0.05) is 26.6 Å². The summed E-state index contributed by atoms with van der Waals surface area (Å²) in [5, 5.41) is 19.7. The molecular formula is C11H19N3O3. The summed E-state index contributed by atoms with van der Waals surface area (Å²) in [4.78, 5) is 23.2. The van der Waals surface area contributed by atoms with E-state index in [0.29, 0.717) is 25.9 Å². The summed E-state index contributed by atoms with van der Waals surface area (Å²) in [6, 6.07) is 1.82. The molecule has 0 saturated heterocycles. The predicted molar refractivity (Wildman–Crippen MR) is 62.3 cm³/mol. The largest absolute Gasteiger partial charge is 0.481 e. The van der Waals surface area contributed by atoms with Gasteiger partial charge in [-0.15, -0.1) is 0 Å². The van der Waals surface area contributed by atoms with E-state index in [0.717, 1.165) is 0 Å². The molecule has 17 heavy (non-hydrogen) atoms. The minimum atomic E-state index is -0.823. The summed E-state index contributed by atoms with van der Waals surface area (Å²) in [6.45, 7) is 2.59. The van der Waals surface area contributed by atoms with Gasteiger partial charge >= 0.3 is 12.0 Å². The average molecular weight is 241 g/mol. The van der Waals surface area contributed by atoms with E-state index in [2.05, 4.69) is 11.4 Å². The Kier molecular flexibility index (Phi) is 7.52. The number of amides is 2. The van der Waals surface area contributed by atoms with Crippen LogP contribution in [0.5, 0.6) is 0 Å². The van der Waals surface area contributed by atoms with Crippen molar-refractivity contribution in [2.24, 2.45) is 5.92 Å². The Balaban J connectivity index is 3.65. The van der Waals surface area contributed by atoms with E-state index < -0.39 is 5.97 Å². The second kappa shape index (κ2) is 8.39. The molecule has 6 heteroatoms. The van der Waals surface area contributed by atoms with Gasteiger partial charge in [0.15, 0.2) is 0 Å². The molecule has 0 spiro atoms. The second-order valence-electron chi connectivity index (χ2n) is 3.99. The number of aliphatic carboxylic acids is 1. The number of carbonyl (C=O) groups is 2. The van der Waals surface area contributed by atoms with Crippen molar-refractivity contribution in [3.8, 4) is 6.07 Å². The Morgan fingerprint density at radius 2 is 2.12 bits per heavy atom. The van der Waals surface area contributed by atoms with E-state index in [1.807, 2.05) is 0 Å². The normalized spacial score (nSPS) is 11.4. The molecule has 0 aromatic carbocycles. The molecule has 0 heterocycles. The maximum Gasteiger partial charge on any atom is 0.317 e. The fourth-order valence-electron chi connectivity index (χ4n) is 1.27. The Morgan fingerprint density at radius 1 is 1.47 bits per heavy atom. The number of nitrogens with zero attached hydrogens (tertiary/aromatic N) is 2. The van der Waals surface area contributed by atoms with E-state index in [4.69, 9.17) is 10.4 Å². The van der Waals surface area contributed by atoms with Crippen LogP contribution in [0.1, 0.15) is 26.2 Å². The summed E-state index contributed by atoms with van der Waals surface area (Å²) >= 11 is 0. The fraction of sp³-hybridized carbons (Fsp3) is 0.727. The van der Waals surface area contributed by atoms with Gasteiger partial charge in [0.1, 0.15) is 0 Å². The van der Waals surface area contributed by atoms with Crippen LogP contribution in [0, 0.1) is 17.2 Å². The molecule has 0 saturated carbocycles. The minimum Gasteiger partial charge on any atom is -0.481 e. The molecular weight excluding hydrogens is 222 g/mol. The van der Waals surface area contributed by atoms with Crippen molar-refractivity contribution in [1.29, 1.82) is 5.26 Å². The van der Waals surface area contributed by atoms with E-state index in [-0.39, 0.29) is 18.4 Å². The predicted octanol–water partition coefficient (Wildman–Crippen LogP) is 1.04. The van der Waals surface area contributed by atoms with Crippen molar-refractivity contribution in [3.63, 3.8) is 0 Å². The first-order chi connectivity index (χ1) is 7.97. The topological polar surface area (TPSA) is 93.4 Å². The molecule has 2 amide bonds. The third kappa shape index (κ3) is 8.08. The highest BCUT2D eigenvalue weighted by Crippen LogP contribution is 1.97. The second-order valence-corrected chi connectivity index (χ2v) is 3.99. The molecule has 0 aliphatic rings. The summed E-state index contributed by atoms with van der Waals surface area (Å²) in [7, 11) is 1.63. The van der Waals surface area contributed by atoms with Crippen LogP contribution < -0.4 is 5.32 Å². The zero-order chi connectivity index (χ0) is 13.3. The van der Waals surface area contributed by atoms with Crippen LogP contribution in [0.15, 0.2) is 0 Å². The molecule has 0 rings (SSSR count). The number of unbranched alkanes of at least 4 members (excludes halogenated alkanes) is 1. The van der Waals surface area contributed by atoms with Gasteiger partial charge in [-0.2, -0.15) is 5.26 Å². The van der Waals surface area contributed by atoms with Crippen molar-refractivity contribution in [2.45, 2.75) is 26.2 Å². The first kappa shape index (κ1) is 15.2. The molecule has 0 fully saturated rings. The number of hydrogen-bond acceptors (Lipinski definition) is 3. The van der Waals surface area contributed by atoms with Crippen LogP contribution in [0.2, 0.25) is 0 Å². The Morgan fingerprint density at radius 3 is 2.65 bits per heavy atom. The lowest BCUT2D eigenvalue weighted by Gasteiger charge is -2.18. The third-order valence-corrected chi connectivity index (χ3v) is 2.21. The quantitative estimate of drug-likeness (QED) is 0.651. The van der Waals surface area contributed by atoms with Gasteiger partial charge in [-0.1, -0.05) is 0 Å². The number of carbonyl (C=O) groups excluding carboxylic acids is 1. The number of nitrogens with one attached hydrogen (secondary N) is 1. The van der Waals surface area contributed by atoms with Crippen LogP contribution in [0.3, 0.4) is 0 Å². The summed E-state index contributed by atoms with van der Waals surface area (Å²) in [5.41, 5.74) is 0. The monoisotopic (exact) mass is 241 g/mol. The lowest BCUT2D eigenvalue weighted by Crippen LogP contribution is -2.39. The van der Waals surface area contributed by atoms with Crippen molar-refractivity contribution in [1.82, 2.24) is 10.2 Å². The van der Waals surface area contributed by atoms with Gasteiger partial charge < -0.3 is 15.3 Å². The number of rotatable bonds is 7. The van der Waals surface area contributed by atoms with Crippen LogP contribution in [0.25, 0.3) is 0 Å². The molecule has 1 unspecified atom stereocenters. The highest BCUT2D eigenvalue weighted by atomic mass is 16.4. The van der Waals surface area contributed by atoms with Crippen LogP contribution in [0.4, 0.5) is 4.79 Å². The minimum absolute atomic E-state index is 0.122. The summed E-state index contributed by atoms with van der Waals surface area (Å²) in [5.74, 6) is -1.02. The van der Waals surface area contributed by atoms with Gasteiger partial charge in [-0.25, -0.2) is 4.79 Å². The maximum atomic E-state index is 11.5. The first-order valence-electron chi connectivity index (χ1n) is 5.57. The Bertz CT molecular complexity index is 299. The van der Waals surface area contributed by atoms with Gasteiger partial charge in [0.2, 0.25) is 0 Å². The van der Waals surface area contributed by atoms with Crippen LogP contribution in [-0.2, 0) is 4.79 Å². The maximum absolute atomic E-state index is 11.5. The molecule has 0 aliphatic carbocycles. The summed E-state index contributed by atoms with van der Waals surface area (Å²) < 4.78 is 0. The zero-order valence-electron chi connectivity index (χ0n) is 10.3. The highest BCUT2D eigenvalue weighted by Gasteiger charge is 2.10. The first-order valence-corrected chi connectivity index (χ1v) is 5.57. The number of carboxylic acid groups (broad SMARTS) is 1. The lowest BCUT2D eigenvalue weighted by molar-refractivity contribution is -0.137. The molecule has 6 nitrogen and oxygen atoms in total. The lowest BCUT2D eigenvalue weighted by atomic mass is 10.2. The molecule has 0 aromatic heterocycles. The number of carboxylic acids is 1. The third-order valence-electron chi connectivity index (χ3n) is 2.21. The van der Waals surface area contributed by atoms with Gasteiger partial charge in [-0.3, -0.25) is 4.79 Å². The van der Waals surface area contributed by atoms with Crippen LogP contribution in [-0.4, -0.2) is 42.1 Å². The van der Waals surface area contributed by atoms with Gasteiger partial charge in [-0.05, 0) is 19.8 Å². The zero-order valence-corrected chi connectivity index (χ0v) is 10.3. The smallest absolute Gasteiger partial charge is 0.317 e. The molecule has 0 bridgehead atoms. The highest BCUT2D eigenvalue weighted by molar-refractivity contribution is 5.73. The molecule has 96 valence electrons. The average Bonchev–Trinajstić information content (AvgIpc) is 2.27. The van der Waals surface area contributed by atoms with Crippen molar-refractivity contribution in [2.75, 3.05) is 20.1 Å². The molecule has 0 radical (unpaired) electrons. The SMILES string of the molecule is CC(C#N)CN(C)C(=O)NCCCCC(=O)O. The van der Waals surface area contributed by atoms with E-state index in [9.17, 15) is 9.59 Å². The molecule has 1 atom stereocenters. The van der Waals surface area contributed by atoms with E-state index >= 15 is 0 Å². The number of urea groups is 1. The van der Waals surface area contributed by atoms with E-state index in [1.54, 1.807) is 14.0 Å². The van der Waals surface area contributed by atoms with Gasteiger partial charge in [0.25, 0.3) is 0 Å². The number of nitriles is 1. The van der Waals surface area contributed by atoms with Gasteiger partial charge in [0.05, 0.1) is 12.0 Å². The van der Waals surface area contributed by atoms with Crippen molar-refractivity contribution in [3.05, 3.63) is 0 Å². The van der Waals surface area contributed by atoms with Crippen molar-refractivity contribution < 1.29 is 14.7 Å².